The molecule has 1 aliphatic heterocycles. The molecule has 3 rings (SSSR count). The Morgan fingerprint density at radius 1 is 1.31 bits per heavy atom. The summed E-state index contributed by atoms with van der Waals surface area (Å²) in [5, 5.41) is 11.1. The van der Waals surface area contributed by atoms with E-state index < -0.39 is 0 Å². The average Bonchev–Trinajstić information content (AvgIpc) is 2.97. The van der Waals surface area contributed by atoms with Crippen molar-refractivity contribution in [2.45, 2.75) is 39.4 Å². The predicted molar refractivity (Wildman–Crippen MR) is 102 cm³/mol. The van der Waals surface area contributed by atoms with Crippen molar-refractivity contribution in [1.29, 1.82) is 0 Å². The topological polar surface area (TPSA) is 68.0 Å². The van der Waals surface area contributed by atoms with E-state index >= 15 is 0 Å². The molecule has 7 nitrogen and oxygen atoms in total. The molecule has 0 bridgehead atoms. The zero-order valence-electron chi connectivity index (χ0n) is 15.0. The number of tetrazole rings is 1. The van der Waals surface area contributed by atoms with E-state index in [4.69, 9.17) is 0 Å². The van der Waals surface area contributed by atoms with Crippen molar-refractivity contribution in [3.63, 3.8) is 0 Å². The Morgan fingerprint density at radius 3 is 2.73 bits per heavy atom. The molecule has 0 amide bonds. The minimum absolute atomic E-state index is 0.164. The van der Waals surface area contributed by atoms with Crippen LogP contribution in [0.15, 0.2) is 27.5 Å². The first-order chi connectivity index (χ1) is 12.5. The molecule has 0 saturated carbocycles. The van der Waals surface area contributed by atoms with Gasteiger partial charge in [-0.3, -0.25) is 0 Å². The van der Waals surface area contributed by atoms with Gasteiger partial charge in [0, 0.05) is 36.7 Å². The zero-order chi connectivity index (χ0) is 18.7. The van der Waals surface area contributed by atoms with Crippen LogP contribution in [0, 0.1) is 11.7 Å². The third kappa shape index (κ3) is 4.32. The first-order valence-electron chi connectivity index (χ1n) is 8.92. The molecule has 1 aromatic heterocycles. The Morgan fingerprint density at radius 2 is 2.08 bits per heavy atom. The van der Waals surface area contributed by atoms with Gasteiger partial charge in [-0.05, 0) is 47.9 Å². The van der Waals surface area contributed by atoms with Crippen LogP contribution >= 0.6 is 15.9 Å². The second-order valence-corrected chi connectivity index (χ2v) is 7.66. The normalized spacial score (nSPS) is 21.1. The van der Waals surface area contributed by atoms with Crippen LogP contribution < -0.4 is 11.0 Å². The van der Waals surface area contributed by atoms with Crippen LogP contribution in [0.1, 0.15) is 20.3 Å². The minimum atomic E-state index is -0.243. The highest BCUT2D eigenvalue weighted by molar-refractivity contribution is 9.10. The summed E-state index contributed by atoms with van der Waals surface area (Å²) >= 11 is 3.28. The van der Waals surface area contributed by atoms with Gasteiger partial charge in [0.15, 0.2) is 0 Å². The molecule has 9 heteroatoms. The molecule has 1 aliphatic rings. The quantitative estimate of drug-likeness (QED) is 0.766. The molecule has 1 N–H and O–H groups in total. The Bertz CT molecular complexity index is 807. The van der Waals surface area contributed by atoms with Crippen LogP contribution in [0.5, 0.6) is 0 Å². The number of rotatable bonds is 6. The van der Waals surface area contributed by atoms with Crippen molar-refractivity contribution < 1.29 is 4.39 Å². The smallest absolute Gasteiger partial charge is 0.363 e. The minimum Gasteiger partial charge on any atom is -0.380 e. The van der Waals surface area contributed by atoms with E-state index in [1.165, 1.54) is 15.4 Å². The van der Waals surface area contributed by atoms with Crippen LogP contribution in [0.25, 0.3) is 0 Å². The van der Waals surface area contributed by atoms with Crippen molar-refractivity contribution in [3.05, 3.63) is 39.0 Å². The van der Waals surface area contributed by atoms with E-state index in [-0.39, 0.29) is 17.5 Å². The molecule has 1 aromatic carbocycles. The standard InChI is InChI=1S/C17H24BrFN6O/c1-3-24-17(26)25(22-21-24)9-8-23-7-6-15(12(2)11-23)20-16-5-4-13(18)10-14(16)19/h4-5,10,12,15,20H,3,6-9,11H2,1-2H3/t12-,15-/m0/s1. The SMILES string of the molecule is CCn1nnn(CCN2CC[C@H](Nc3ccc(Br)cc3F)[C@@H](C)C2)c1=O. The Balaban J connectivity index is 1.53. The fraction of sp³-hybridized carbons (Fsp3) is 0.588. The summed E-state index contributed by atoms with van der Waals surface area (Å²) in [6.07, 6.45) is 0.924. The van der Waals surface area contributed by atoms with Gasteiger partial charge in [0.1, 0.15) is 5.82 Å². The van der Waals surface area contributed by atoms with Crippen molar-refractivity contribution in [2.75, 3.05) is 25.0 Å². The molecular weight excluding hydrogens is 403 g/mol. The maximum atomic E-state index is 14.0. The number of aryl methyl sites for hydroxylation is 1. The average molecular weight is 427 g/mol. The Kier molecular flexibility index (Phi) is 6.08. The molecule has 2 atom stereocenters. The van der Waals surface area contributed by atoms with Gasteiger partial charge in [-0.25, -0.2) is 9.18 Å². The second-order valence-electron chi connectivity index (χ2n) is 6.74. The molecule has 142 valence electrons. The van der Waals surface area contributed by atoms with Crippen LogP contribution in [0.2, 0.25) is 0 Å². The monoisotopic (exact) mass is 426 g/mol. The van der Waals surface area contributed by atoms with Gasteiger partial charge >= 0.3 is 5.69 Å². The second kappa shape index (κ2) is 8.30. The van der Waals surface area contributed by atoms with Gasteiger partial charge in [0.2, 0.25) is 0 Å². The van der Waals surface area contributed by atoms with Gasteiger partial charge in [-0.15, -0.1) is 0 Å². The van der Waals surface area contributed by atoms with Crippen molar-refractivity contribution in [2.24, 2.45) is 5.92 Å². The number of hydrogen-bond donors (Lipinski definition) is 1. The lowest BCUT2D eigenvalue weighted by atomic mass is 9.93. The van der Waals surface area contributed by atoms with Crippen LogP contribution in [-0.4, -0.2) is 50.4 Å². The van der Waals surface area contributed by atoms with E-state index in [0.717, 1.165) is 30.5 Å². The van der Waals surface area contributed by atoms with E-state index in [2.05, 4.69) is 43.5 Å². The lowest BCUT2D eigenvalue weighted by Gasteiger charge is -2.37. The highest BCUT2D eigenvalue weighted by Gasteiger charge is 2.26. The molecule has 1 saturated heterocycles. The summed E-state index contributed by atoms with van der Waals surface area (Å²) in [4.78, 5) is 14.3. The van der Waals surface area contributed by atoms with Crippen molar-refractivity contribution in [1.82, 2.24) is 24.7 Å². The lowest BCUT2D eigenvalue weighted by Crippen LogP contribution is -2.46. The highest BCUT2D eigenvalue weighted by Crippen LogP contribution is 2.25. The molecule has 0 aliphatic carbocycles. The van der Waals surface area contributed by atoms with Gasteiger partial charge in [0.25, 0.3) is 0 Å². The maximum absolute atomic E-state index is 14.0. The third-order valence-electron chi connectivity index (χ3n) is 4.89. The molecular formula is C17H24BrFN6O. The number of likely N-dealkylation sites (tertiary alicyclic amines) is 1. The number of nitrogens with zero attached hydrogens (tertiary/aromatic N) is 5. The van der Waals surface area contributed by atoms with Crippen molar-refractivity contribution >= 4 is 21.6 Å². The summed E-state index contributed by atoms with van der Waals surface area (Å²) < 4.78 is 17.5. The predicted octanol–water partition coefficient (Wildman–Crippen LogP) is 2.18. The largest absolute Gasteiger partial charge is 0.380 e. The molecule has 1 fully saturated rings. The third-order valence-corrected chi connectivity index (χ3v) is 5.38. The summed E-state index contributed by atoms with van der Waals surface area (Å²) in [5.41, 5.74) is 0.379. The van der Waals surface area contributed by atoms with Gasteiger partial charge in [-0.2, -0.15) is 9.36 Å². The first-order valence-corrected chi connectivity index (χ1v) is 9.71. The number of benzene rings is 1. The molecule has 0 radical (unpaired) electrons. The summed E-state index contributed by atoms with van der Waals surface area (Å²) in [6.45, 7) is 7.65. The summed E-state index contributed by atoms with van der Waals surface area (Å²) in [5.74, 6) is 0.127. The zero-order valence-corrected chi connectivity index (χ0v) is 16.6. The summed E-state index contributed by atoms with van der Waals surface area (Å²) in [7, 11) is 0. The van der Waals surface area contributed by atoms with Gasteiger partial charge < -0.3 is 10.2 Å². The number of hydrogen-bond acceptors (Lipinski definition) is 5. The molecule has 2 aromatic rings. The number of anilines is 1. The summed E-state index contributed by atoms with van der Waals surface area (Å²) in [6, 6.07) is 5.31. The van der Waals surface area contributed by atoms with Crippen LogP contribution in [0.4, 0.5) is 10.1 Å². The van der Waals surface area contributed by atoms with Gasteiger partial charge in [-0.1, -0.05) is 22.9 Å². The van der Waals surface area contributed by atoms with Crippen LogP contribution in [-0.2, 0) is 13.1 Å². The van der Waals surface area contributed by atoms with E-state index in [0.29, 0.717) is 24.7 Å². The number of aromatic nitrogens is 4. The van der Waals surface area contributed by atoms with Crippen LogP contribution in [0.3, 0.4) is 0 Å². The van der Waals surface area contributed by atoms with Gasteiger partial charge in [0.05, 0.1) is 12.2 Å². The molecule has 2 heterocycles. The first kappa shape index (κ1) is 19.0. The highest BCUT2D eigenvalue weighted by atomic mass is 79.9. The number of piperidine rings is 1. The van der Waals surface area contributed by atoms with Crippen molar-refractivity contribution in [3.8, 4) is 0 Å². The maximum Gasteiger partial charge on any atom is 0.363 e. The number of halogens is 2. The van der Waals surface area contributed by atoms with E-state index in [1.807, 2.05) is 13.0 Å². The lowest BCUT2D eigenvalue weighted by molar-refractivity contribution is 0.164. The molecule has 0 unspecified atom stereocenters. The fourth-order valence-corrected chi connectivity index (χ4v) is 3.67. The van der Waals surface area contributed by atoms with E-state index in [9.17, 15) is 9.18 Å². The molecule has 26 heavy (non-hydrogen) atoms. The Labute approximate surface area is 160 Å². The number of nitrogens with one attached hydrogen (secondary N) is 1. The molecule has 0 spiro atoms. The van der Waals surface area contributed by atoms with E-state index in [1.54, 1.807) is 6.07 Å². The Hall–Kier alpha value is -1.74. The fourth-order valence-electron chi connectivity index (χ4n) is 3.34.